The molecule has 0 fully saturated rings. The Morgan fingerprint density at radius 2 is 2.12 bits per heavy atom. The minimum Gasteiger partial charge on any atom is -0.350 e. The molecule has 0 aliphatic carbocycles. The molecule has 1 aromatic heterocycles. The van der Waals surface area contributed by atoms with E-state index in [0.717, 1.165) is 5.69 Å². The highest BCUT2D eigenvalue weighted by atomic mass is 16.1. The molecule has 1 aromatic rings. The van der Waals surface area contributed by atoms with Gasteiger partial charge in [0.1, 0.15) is 0 Å². The summed E-state index contributed by atoms with van der Waals surface area (Å²) in [6.07, 6.45) is 0. The van der Waals surface area contributed by atoms with Crippen LogP contribution in [0, 0.1) is 19.8 Å². The third kappa shape index (κ3) is 2.82. The summed E-state index contributed by atoms with van der Waals surface area (Å²) >= 11 is 0. The second kappa shape index (κ2) is 5.12. The van der Waals surface area contributed by atoms with Crippen molar-refractivity contribution in [3.8, 4) is 0 Å². The van der Waals surface area contributed by atoms with Gasteiger partial charge in [-0.25, -0.2) is 0 Å². The first-order valence-electron chi connectivity index (χ1n) is 5.48. The summed E-state index contributed by atoms with van der Waals surface area (Å²) in [6.45, 7) is 8.19. The predicted molar refractivity (Wildman–Crippen MR) is 63.2 cm³/mol. The van der Waals surface area contributed by atoms with Crippen molar-refractivity contribution in [1.29, 1.82) is 0 Å². The average Bonchev–Trinajstić information content (AvgIpc) is 2.54. The molecule has 90 valence electrons. The summed E-state index contributed by atoms with van der Waals surface area (Å²) in [4.78, 5) is 11.8. The van der Waals surface area contributed by atoms with Crippen LogP contribution in [0.4, 0.5) is 0 Å². The summed E-state index contributed by atoms with van der Waals surface area (Å²) < 4.78 is 0. The van der Waals surface area contributed by atoms with Gasteiger partial charge in [0, 0.05) is 18.3 Å². The van der Waals surface area contributed by atoms with Crippen LogP contribution in [0.2, 0.25) is 0 Å². The Bertz CT molecular complexity index is 351. The number of carbonyl (C=O) groups excluding carboxylic acids is 1. The molecule has 0 spiro atoms. The predicted octanol–water partition coefficient (Wildman–Crippen LogP) is 0.740. The number of aromatic amines is 1. The Hall–Kier alpha value is -1.36. The van der Waals surface area contributed by atoms with E-state index in [-0.39, 0.29) is 11.9 Å². The first-order valence-corrected chi connectivity index (χ1v) is 5.48. The van der Waals surface area contributed by atoms with E-state index in [1.165, 1.54) is 0 Å². The Morgan fingerprint density at radius 3 is 2.56 bits per heavy atom. The molecule has 0 saturated heterocycles. The van der Waals surface area contributed by atoms with Gasteiger partial charge < -0.3 is 11.1 Å². The molecule has 0 aliphatic heterocycles. The first-order chi connectivity index (χ1) is 7.43. The van der Waals surface area contributed by atoms with Crippen LogP contribution in [0.15, 0.2) is 0 Å². The van der Waals surface area contributed by atoms with Crippen LogP contribution in [0.3, 0.4) is 0 Å². The monoisotopic (exact) mass is 224 g/mol. The standard InChI is InChI=1S/C11H20N4O/c1-6(2)9(12)5-13-11(16)10-7(3)14-15-8(10)4/h6,9H,5,12H2,1-4H3,(H,13,16)(H,14,15). The number of nitrogens with zero attached hydrogens (tertiary/aromatic N) is 1. The first kappa shape index (κ1) is 12.7. The van der Waals surface area contributed by atoms with Crippen LogP contribution < -0.4 is 11.1 Å². The zero-order chi connectivity index (χ0) is 12.3. The molecule has 1 amide bonds. The van der Waals surface area contributed by atoms with E-state index in [1.54, 1.807) is 6.92 Å². The van der Waals surface area contributed by atoms with Gasteiger partial charge in [0.05, 0.1) is 11.3 Å². The van der Waals surface area contributed by atoms with Crippen LogP contribution in [0.25, 0.3) is 0 Å². The quantitative estimate of drug-likeness (QED) is 0.705. The third-order valence-corrected chi connectivity index (χ3v) is 2.71. The zero-order valence-corrected chi connectivity index (χ0v) is 10.3. The number of nitrogens with two attached hydrogens (primary N) is 1. The minimum absolute atomic E-state index is 0.0172. The van der Waals surface area contributed by atoms with Crippen LogP contribution >= 0.6 is 0 Å². The van der Waals surface area contributed by atoms with Gasteiger partial charge in [0.15, 0.2) is 0 Å². The second-order valence-electron chi connectivity index (χ2n) is 4.43. The van der Waals surface area contributed by atoms with Crippen molar-refractivity contribution in [2.24, 2.45) is 11.7 Å². The lowest BCUT2D eigenvalue weighted by atomic mass is 10.1. The smallest absolute Gasteiger partial charge is 0.255 e. The molecule has 0 aliphatic rings. The highest BCUT2D eigenvalue weighted by molar-refractivity contribution is 5.96. The molecular formula is C11H20N4O. The number of hydrogen-bond acceptors (Lipinski definition) is 3. The number of amides is 1. The Kier molecular flexibility index (Phi) is 4.06. The maximum Gasteiger partial charge on any atom is 0.255 e. The number of hydrogen-bond donors (Lipinski definition) is 3. The van der Waals surface area contributed by atoms with Gasteiger partial charge in [0.25, 0.3) is 5.91 Å². The fraction of sp³-hybridized carbons (Fsp3) is 0.636. The number of aromatic nitrogens is 2. The molecule has 1 unspecified atom stereocenters. The number of H-pyrrole nitrogens is 1. The van der Waals surface area contributed by atoms with Gasteiger partial charge in [-0.3, -0.25) is 9.89 Å². The highest BCUT2D eigenvalue weighted by Gasteiger charge is 2.16. The maximum atomic E-state index is 11.8. The van der Waals surface area contributed by atoms with Crippen molar-refractivity contribution in [3.05, 3.63) is 17.0 Å². The maximum absolute atomic E-state index is 11.8. The molecule has 5 nitrogen and oxygen atoms in total. The molecule has 1 rings (SSSR count). The van der Waals surface area contributed by atoms with Gasteiger partial charge in [0.2, 0.25) is 0 Å². The number of nitrogens with one attached hydrogen (secondary N) is 2. The molecule has 1 heterocycles. The van der Waals surface area contributed by atoms with Gasteiger partial charge in [-0.2, -0.15) is 5.10 Å². The van der Waals surface area contributed by atoms with E-state index >= 15 is 0 Å². The molecule has 0 bridgehead atoms. The highest BCUT2D eigenvalue weighted by Crippen LogP contribution is 2.08. The van der Waals surface area contributed by atoms with E-state index in [2.05, 4.69) is 15.5 Å². The van der Waals surface area contributed by atoms with Crippen molar-refractivity contribution in [2.75, 3.05) is 6.54 Å². The molecule has 1 atom stereocenters. The minimum atomic E-state index is -0.111. The fourth-order valence-electron chi connectivity index (χ4n) is 1.42. The molecule has 4 N–H and O–H groups in total. The molecule has 0 aromatic carbocycles. The van der Waals surface area contributed by atoms with E-state index in [0.29, 0.717) is 23.7 Å². The fourth-order valence-corrected chi connectivity index (χ4v) is 1.42. The van der Waals surface area contributed by atoms with Crippen LogP contribution in [0.5, 0.6) is 0 Å². The van der Waals surface area contributed by atoms with Crippen LogP contribution in [0.1, 0.15) is 35.6 Å². The zero-order valence-electron chi connectivity index (χ0n) is 10.3. The SMILES string of the molecule is Cc1n[nH]c(C)c1C(=O)NCC(N)C(C)C. The van der Waals surface area contributed by atoms with Gasteiger partial charge in [-0.15, -0.1) is 0 Å². The third-order valence-electron chi connectivity index (χ3n) is 2.71. The summed E-state index contributed by atoms with van der Waals surface area (Å²) in [7, 11) is 0. The summed E-state index contributed by atoms with van der Waals surface area (Å²) in [5.41, 5.74) is 7.98. The van der Waals surface area contributed by atoms with Gasteiger partial charge >= 0.3 is 0 Å². The van der Waals surface area contributed by atoms with E-state index in [1.807, 2.05) is 20.8 Å². The molecular weight excluding hydrogens is 204 g/mol. The van der Waals surface area contributed by atoms with Crippen molar-refractivity contribution >= 4 is 5.91 Å². The molecule has 5 heteroatoms. The average molecular weight is 224 g/mol. The molecule has 0 radical (unpaired) electrons. The summed E-state index contributed by atoms with van der Waals surface area (Å²) in [5.74, 6) is 0.242. The second-order valence-corrected chi connectivity index (χ2v) is 4.43. The van der Waals surface area contributed by atoms with E-state index in [9.17, 15) is 4.79 Å². The summed E-state index contributed by atoms with van der Waals surface area (Å²) in [6, 6.07) is -0.0172. The Morgan fingerprint density at radius 1 is 1.50 bits per heavy atom. The van der Waals surface area contributed by atoms with Crippen molar-refractivity contribution in [3.63, 3.8) is 0 Å². The van der Waals surface area contributed by atoms with Crippen LogP contribution in [-0.4, -0.2) is 28.7 Å². The number of carbonyl (C=O) groups is 1. The number of aryl methyl sites for hydroxylation is 2. The molecule has 16 heavy (non-hydrogen) atoms. The van der Waals surface area contributed by atoms with Crippen molar-refractivity contribution in [1.82, 2.24) is 15.5 Å². The lowest BCUT2D eigenvalue weighted by molar-refractivity contribution is 0.0948. The topological polar surface area (TPSA) is 83.8 Å². The summed E-state index contributed by atoms with van der Waals surface area (Å²) in [5, 5.41) is 9.59. The lowest BCUT2D eigenvalue weighted by Crippen LogP contribution is -2.40. The van der Waals surface area contributed by atoms with E-state index < -0.39 is 0 Å². The lowest BCUT2D eigenvalue weighted by Gasteiger charge is -2.16. The normalized spacial score (nSPS) is 12.9. The van der Waals surface area contributed by atoms with Gasteiger partial charge in [-0.1, -0.05) is 13.8 Å². The molecule has 0 saturated carbocycles. The van der Waals surface area contributed by atoms with Gasteiger partial charge in [-0.05, 0) is 19.8 Å². The van der Waals surface area contributed by atoms with Crippen molar-refractivity contribution < 1.29 is 4.79 Å². The Balaban J connectivity index is 2.60. The largest absolute Gasteiger partial charge is 0.350 e. The van der Waals surface area contributed by atoms with Crippen molar-refractivity contribution in [2.45, 2.75) is 33.7 Å². The number of rotatable bonds is 4. The van der Waals surface area contributed by atoms with E-state index in [4.69, 9.17) is 5.73 Å². The van der Waals surface area contributed by atoms with Crippen LogP contribution in [-0.2, 0) is 0 Å². The Labute approximate surface area is 95.8 Å².